The number of hydrogen-bond donors (Lipinski definition) is 0. The molecule has 0 aromatic rings. The van der Waals surface area contributed by atoms with E-state index >= 15 is 0 Å². The summed E-state index contributed by atoms with van der Waals surface area (Å²) in [4.78, 5) is 38.4. The quantitative estimate of drug-likeness (QED) is 0.0261. The number of esters is 3. The van der Waals surface area contributed by atoms with Crippen molar-refractivity contribution in [3.05, 3.63) is 24.3 Å². The monoisotopic (exact) mass is 1140 g/mol. The Morgan fingerprint density at radius 3 is 0.679 bits per heavy atom. The second-order valence-corrected chi connectivity index (χ2v) is 25.2. The smallest absolute Gasteiger partial charge is 0.306 e. The van der Waals surface area contributed by atoms with Crippen LogP contribution in [0.2, 0.25) is 0 Å². The van der Waals surface area contributed by atoms with Gasteiger partial charge < -0.3 is 14.2 Å². The molecule has 0 heterocycles. The van der Waals surface area contributed by atoms with Gasteiger partial charge in [-0.2, -0.15) is 0 Å². The molecule has 0 amide bonds. The molecule has 0 aromatic carbocycles. The number of carbonyl (C=O) groups is 3. The van der Waals surface area contributed by atoms with Crippen molar-refractivity contribution < 1.29 is 28.6 Å². The molecule has 0 spiro atoms. The zero-order valence-corrected chi connectivity index (χ0v) is 55.1. The lowest BCUT2D eigenvalue weighted by molar-refractivity contribution is -0.167. The van der Waals surface area contributed by atoms with Crippen LogP contribution in [0.4, 0.5) is 0 Å². The van der Waals surface area contributed by atoms with Crippen LogP contribution in [-0.4, -0.2) is 37.2 Å². The highest BCUT2D eigenvalue weighted by Crippen LogP contribution is 2.19. The molecule has 81 heavy (non-hydrogen) atoms. The van der Waals surface area contributed by atoms with Crippen molar-refractivity contribution in [2.45, 2.75) is 425 Å². The van der Waals surface area contributed by atoms with E-state index in [1.807, 2.05) is 0 Å². The molecule has 6 heteroatoms. The lowest BCUT2D eigenvalue weighted by Crippen LogP contribution is -2.30. The van der Waals surface area contributed by atoms with E-state index in [0.29, 0.717) is 19.3 Å². The van der Waals surface area contributed by atoms with Gasteiger partial charge in [0.05, 0.1) is 0 Å². The van der Waals surface area contributed by atoms with Gasteiger partial charge in [-0.25, -0.2) is 0 Å². The van der Waals surface area contributed by atoms with Gasteiger partial charge in [0.25, 0.3) is 0 Å². The topological polar surface area (TPSA) is 78.9 Å². The highest BCUT2D eigenvalue weighted by Gasteiger charge is 2.20. The standard InChI is InChI=1S/C75H142O6/c1-4-7-10-13-16-19-22-24-26-28-30-32-34-35-36-37-38-39-40-42-43-45-47-49-51-53-56-59-62-65-68-74(77)80-71-72(70-79-73(76)67-64-61-58-55-21-18-15-12-9-6-3)81-75(78)69-66-63-60-57-54-52-50-48-46-44-41-33-31-29-27-25-23-20-17-14-11-8-5-2/h23,25,29,31,72H,4-22,24,26-28,30,32-71H2,1-3H3/b25-23-,31-29-. The van der Waals surface area contributed by atoms with Crippen molar-refractivity contribution in [3.63, 3.8) is 0 Å². The minimum absolute atomic E-state index is 0.0655. The van der Waals surface area contributed by atoms with E-state index in [2.05, 4.69) is 45.1 Å². The first-order chi connectivity index (χ1) is 40.0. The van der Waals surface area contributed by atoms with Crippen molar-refractivity contribution in [1.29, 1.82) is 0 Å². The van der Waals surface area contributed by atoms with Crippen LogP contribution in [0.1, 0.15) is 419 Å². The van der Waals surface area contributed by atoms with Gasteiger partial charge in [-0.15, -0.1) is 0 Å². The Bertz CT molecular complexity index is 1310. The van der Waals surface area contributed by atoms with Crippen LogP contribution in [0.5, 0.6) is 0 Å². The third-order valence-electron chi connectivity index (χ3n) is 17.0. The number of ether oxygens (including phenoxy) is 3. The Balaban J connectivity index is 4.09. The zero-order chi connectivity index (χ0) is 58.5. The Kier molecular flexibility index (Phi) is 68.5. The van der Waals surface area contributed by atoms with Gasteiger partial charge >= 0.3 is 17.9 Å². The Morgan fingerprint density at radius 2 is 0.444 bits per heavy atom. The Labute approximate surface area is 506 Å². The van der Waals surface area contributed by atoms with Gasteiger partial charge in [-0.1, -0.05) is 373 Å². The zero-order valence-electron chi connectivity index (χ0n) is 55.1. The summed E-state index contributed by atoms with van der Waals surface area (Å²) < 4.78 is 17.0. The number of rotatable bonds is 69. The predicted octanol–water partition coefficient (Wildman–Crippen LogP) is 25.3. The molecule has 0 aliphatic heterocycles. The third kappa shape index (κ3) is 68.6. The number of unbranched alkanes of at least 4 members (excludes halogenated alkanes) is 54. The highest BCUT2D eigenvalue weighted by atomic mass is 16.6. The average molecular weight is 1140 g/mol. The van der Waals surface area contributed by atoms with E-state index in [4.69, 9.17) is 14.2 Å². The summed E-state index contributed by atoms with van der Waals surface area (Å²) in [5, 5.41) is 0. The van der Waals surface area contributed by atoms with Crippen LogP contribution in [0.15, 0.2) is 24.3 Å². The van der Waals surface area contributed by atoms with Crippen LogP contribution in [0.3, 0.4) is 0 Å². The van der Waals surface area contributed by atoms with Crippen LogP contribution in [0.25, 0.3) is 0 Å². The van der Waals surface area contributed by atoms with Crippen molar-refractivity contribution in [1.82, 2.24) is 0 Å². The molecule has 0 aromatic heterocycles. The largest absolute Gasteiger partial charge is 0.462 e. The Hall–Kier alpha value is -2.11. The van der Waals surface area contributed by atoms with E-state index in [0.717, 1.165) is 64.2 Å². The summed E-state index contributed by atoms with van der Waals surface area (Å²) >= 11 is 0. The molecule has 0 rings (SSSR count). The molecule has 0 saturated carbocycles. The summed E-state index contributed by atoms with van der Waals surface area (Å²) in [5.74, 6) is -0.838. The summed E-state index contributed by atoms with van der Waals surface area (Å²) in [6, 6.07) is 0. The minimum Gasteiger partial charge on any atom is -0.462 e. The molecule has 0 N–H and O–H groups in total. The minimum atomic E-state index is -0.769. The van der Waals surface area contributed by atoms with Gasteiger partial charge in [-0.3, -0.25) is 14.4 Å². The molecule has 0 aliphatic carbocycles. The summed E-state index contributed by atoms with van der Waals surface area (Å²) in [6.45, 7) is 6.70. The molecule has 0 saturated heterocycles. The lowest BCUT2D eigenvalue weighted by atomic mass is 10.0. The van der Waals surface area contributed by atoms with Gasteiger partial charge in [0.15, 0.2) is 6.10 Å². The lowest BCUT2D eigenvalue weighted by Gasteiger charge is -2.18. The van der Waals surface area contributed by atoms with E-state index in [-0.39, 0.29) is 31.1 Å². The van der Waals surface area contributed by atoms with Crippen LogP contribution >= 0.6 is 0 Å². The molecular formula is C75H142O6. The predicted molar refractivity (Wildman–Crippen MR) is 353 cm³/mol. The maximum atomic E-state index is 12.9. The maximum absolute atomic E-state index is 12.9. The number of carbonyl (C=O) groups excluding carboxylic acids is 3. The summed E-state index contributed by atoms with van der Waals surface area (Å²) in [6.07, 6.45) is 86.6. The second-order valence-electron chi connectivity index (χ2n) is 25.2. The fraction of sp³-hybridized carbons (Fsp3) is 0.907. The van der Waals surface area contributed by atoms with Crippen molar-refractivity contribution >= 4 is 17.9 Å². The molecule has 0 aliphatic rings. The summed E-state index contributed by atoms with van der Waals surface area (Å²) in [7, 11) is 0. The summed E-state index contributed by atoms with van der Waals surface area (Å²) in [5.41, 5.74) is 0. The van der Waals surface area contributed by atoms with Crippen LogP contribution in [0, 0.1) is 0 Å². The fourth-order valence-electron chi connectivity index (χ4n) is 11.4. The van der Waals surface area contributed by atoms with Crippen molar-refractivity contribution in [3.8, 4) is 0 Å². The van der Waals surface area contributed by atoms with E-state index < -0.39 is 6.10 Å². The van der Waals surface area contributed by atoms with Gasteiger partial charge in [0.2, 0.25) is 0 Å². The van der Waals surface area contributed by atoms with Gasteiger partial charge in [0, 0.05) is 19.3 Å². The first-order valence-corrected chi connectivity index (χ1v) is 36.8. The Morgan fingerprint density at radius 1 is 0.247 bits per heavy atom. The fourth-order valence-corrected chi connectivity index (χ4v) is 11.4. The molecule has 478 valence electrons. The van der Waals surface area contributed by atoms with E-state index in [9.17, 15) is 14.4 Å². The highest BCUT2D eigenvalue weighted by molar-refractivity contribution is 5.71. The van der Waals surface area contributed by atoms with Crippen molar-refractivity contribution in [2.24, 2.45) is 0 Å². The maximum Gasteiger partial charge on any atom is 0.306 e. The molecule has 0 radical (unpaired) electrons. The molecule has 0 fully saturated rings. The molecule has 0 bridgehead atoms. The number of allylic oxidation sites excluding steroid dienone is 4. The SMILES string of the molecule is CCCCCCC/C=C\C/C=C\CCCCCCCCCCCCCC(=O)OC(COC(=O)CCCCCCCCCCCC)COC(=O)CCCCCCCCCCCCCCCCCCCCCCCCCCCCCCCC. The molecule has 1 unspecified atom stereocenters. The average Bonchev–Trinajstić information content (AvgIpc) is 3.47. The van der Waals surface area contributed by atoms with Crippen molar-refractivity contribution in [2.75, 3.05) is 13.2 Å². The molecule has 1 atom stereocenters. The van der Waals surface area contributed by atoms with Gasteiger partial charge in [-0.05, 0) is 51.4 Å². The molecular weight excluding hydrogens is 997 g/mol. The van der Waals surface area contributed by atoms with Crippen LogP contribution < -0.4 is 0 Å². The van der Waals surface area contributed by atoms with E-state index in [1.54, 1.807) is 0 Å². The first kappa shape index (κ1) is 78.9. The van der Waals surface area contributed by atoms with Crippen LogP contribution in [-0.2, 0) is 28.6 Å². The normalized spacial score (nSPS) is 12.1. The van der Waals surface area contributed by atoms with E-state index in [1.165, 1.54) is 315 Å². The van der Waals surface area contributed by atoms with Gasteiger partial charge in [0.1, 0.15) is 13.2 Å². The third-order valence-corrected chi connectivity index (χ3v) is 17.0. The first-order valence-electron chi connectivity index (χ1n) is 36.8. The molecule has 6 nitrogen and oxygen atoms in total. The second kappa shape index (κ2) is 70.4. The number of hydrogen-bond acceptors (Lipinski definition) is 6.